The van der Waals surface area contributed by atoms with Crippen LogP contribution in [0, 0.1) is 15.9 Å². The van der Waals surface area contributed by atoms with Crippen LogP contribution in [0.1, 0.15) is 16.8 Å². The van der Waals surface area contributed by atoms with Gasteiger partial charge < -0.3 is 15.1 Å². The van der Waals surface area contributed by atoms with Gasteiger partial charge >= 0.3 is 5.97 Å². The molecule has 21 heavy (non-hydrogen) atoms. The van der Waals surface area contributed by atoms with Crippen LogP contribution in [0.3, 0.4) is 0 Å². The highest BCUT2D eigenvalue weighted by Gasteiger charge is 2.40. The molecule has 1 saturated heterocycles. The van der Waals surface area contributed by atoms with Crippen LogP contribution in [0.5, 0.6) is 0 Å². The third-order valence-corrected chi connectivity index (χ3v) is 3.21. The molecule has 9 heteroatoms. The number of hydrogen-bond donors (Lipinski definition) is 2. The highest BCUT2D eigenvalue weighted by molar-refractivity contribution is 6.00. The van der Waals surface area contributed by atoms with Gasteiger partial charge in [-0.25, -0.2) is 9.18 Å². The van der Waals surface area contributed by atoms with Crippen LogP contribution in [-0.2, 0) is 4.79 Å². The number of halogens is 1. The molecule has 1 aromatic carbocycles. The van der Waals surface area contributed by atoms with Crippen LogP contribution in [-0.4, -0.2) is 50.6 Å². The number of amides is 1. The van der Waals surface area contributed by atoms with E-state index in [0.717, 1.165) is 17.0 Å². The summed E-state index contributed by atoms with van der Waals surface area (Å²) in [7, 11) is 0. The Labute approximate surface area is 117 Å². The number of aliphatic hydroxyl groups is 1. The number of likely N-dealkylation sites (tertiary alicyclic amines) is 1. The average Bonchev–Trinajstić information content (AvgIpc) is 2.80. The Morgan fingerprint density at radius 3 is 2.67 bits per heavy atom. The molecular weight excluding hydrogens is 287 g/mol. The summed E-state index contributed by atoms with van der Waals surface area (Å²) in [4.78, 5) is 34.1. The van der Waals surface area contributed by atoms with E-state index in [-0.39, 0.29) is 13.0 Å². The number of nitrogens with zero attached hydrogens (tertiary/aromatic N) is 2. The fourth-order valence-corrected chi connectivity index (χ4v) is 2.26. The van der Waals surface area contributed by atoms with Crippen LogP contribution in [0.25, 0.3) is 0 Å². The average molecular weight is 298 g/mol. The predicted octanol–water partition coefficient (Wildman–Crippen LogP) is 0.394. The van der Waals surface area contributed by atoms with Crippen molar-refractivity contribution in [2.75, 3.05) is 6.54 Å². The Morgan fingerprint density at radius 1 is 1.43 bits per heavy atom. The molecule has 1 aliphatic rings. The fraction of sp³-hybridized carbons (Fsp3) is 0.333. The maximum atomic E-state index is 13.1. The minimum absolute atomic E-state index is 0.157. The predicted molar refractivity (Wildman–Crippen MR) is 66.1 cm³/mol. The second-order valence-corrected chi connectivity index (χ2v) is 4.62. The standard InChI is InChI=1S/C12H11FN2O6/c13-6-1-2-8(9(3-6)15(20)21)11(17)14-5-7(16)4-10(14)12(18)19/h1-3,7,10,16H,4-5H2,(H,18,19)/t7-,10-/m0/s1. The molecule has 0 saturated carbocycles. The normalized spacial score (nSPS) is 21.3. The van der Waals surface area contributed by atoms with Crippen LogP contribution in [0.2, 0.25) is 0 Å². The van der Waals surface area contributed by atoms with Gasteiger partial charge in [0.2, 0.25) is 0 Å². The zero-order valence-corrected chi connectivity index (χ0v) is 10.6. The van der Waals surface area contributed by atoms with Gasteiger partial charge in [0.15, 0.2) is 0 Å². The molecular formula is C12H11FN2O6. The number of aliphatic hydroxyl groups excluding tert-OH is 1. The van der Waals surface area contributed by atoms with E-state index < -0.39 is 46.0 Å². The molecule has 0 bridgehead atoms. The number of nitro benzene ring substituents is 1. The SMILES string of the molecule is O=C(O)[C@@H]1C[C@H](O)CN1C(=O)c1ccc(F)cc1[N+](=O)[O-]. The molecule has 112 valence electrons. The van der Waals surface area contributed by atoms with Crippen molar-refractivity contribution >= 4 is 17.6 Å². The molecule has 2 rings (SSSR count). The number of benzene rings is 1. The summed E-state index contributed by atoms with van der Waals surface area (Å²) >= 11 is 0. The number of aliphatic carboxylic acids is 1. The van der Waals surface area contributed by atoms with E-state index in [4.69, 9.17) is 5.11 Å². The van der Waals surface area contributed by atoms with E-state index in [1.807, 2.05) is 0 Å². The van der Waals surface area contributed by atoms with Crippen LogP contribution in [0.15, 0.2) is 18.2 Å². The topological polar surface area (TPSA) is 121 Å². The summed E-state index contributed by atoms with van der Waals surface area (Å²) in [5.41, 5.74) is -1.16. The van der Waals surface area contributed by atoms with E-state index >= 15 is 0 Å². The lowest BCUT2D eigenvalue weighted by molar-refractivity contribution is -0.385. The van der Waals surface area contributed by atoms with Crippen molar-refractivity contribution in [1.29, 1.82) is 0 Å². The summed E-state index contributed by atoms with van der Waals surface area (Å²) < 4.78 is 13.1. The molecule has 0 spiro atoms. The lowest BCUT2D eigenvalue weighted by Gasteiger charge is -2.21. The largest absolute Gasteiger partial charge is 0.480 e. The molecule has 1 heterocycles. The minimum Gasteiger partial charge on any atom is -0.480 e. The van der Waals surface area contributed by atoms with Crippen molar-refractivity contribution in [3.05, 3.63) is 39.7 Å². The van der Waals surface area contributed by atoms with Gasteiger partial charge in [-0.15, -0.1) is 0 Å². The zero-order valence-electron chi connectivity index (χ0n) is 10.6. The van der Waals surface area contributed by atoms with Crippen LogP contribution in [0.4, 0.5) is 10.1 Å². The van der Waals surface area contributed by atoms with Gasteiger partial charge in [-0.3, -0.25) is 14.9 Å². The molecule has 0 radical (unpaired) electrons. The van der Waals surface area contributed by atoms with Gasteiger partial charge in [0.25, 0.3) is 11.6 Å². The molecule has 1 amide bonds. The first-order chi connectivity index (χ1) is 9.81. The Bertz CT molecular complexity index is 620. The number of carbonyl (C=O) groups is 2. The quantitative estimate of drug-likeness (QED) is 0.615. The van der Waals surface area contributed by atoms with E-state index in [9.17, 15) is 29.2 Å². The lowest BCUT2D eigenvalue weighted by atomic mass is 10.1. The first-order valence-electron chi connectivity index (χ1n) is 5.97. The van der Waals surface area contributed by atoms with Crippen molar-refractivity contribution in [2.45, 2.75) is 18.6 Å². The van der Waals surface area contributed by atoms with Crippen molar-refractivity contribution in [3.63, 3.8) is 0 Å². The number of carboxylic acids is 1. The minimum atomic E-state index is -1.32. The van der Waals surface area contributed by atoms with Crippen molar-refractivity contribution in [1.82, 2.24) is 4.90 Å². The summed E-state index contributed by atoms with van der Waals surface area (Å²) in [6.45, 7) is -0.246. The summed E-state index contributed by atoms with van der Waals surface area (Å²) in [6, 6.07) is 1.13. The Morgan fingerprint density at radius 2 is 2.10 bits per heavy atom. The number of carboxylic acid groups (broad SMARTS) is 1. The number of nitro groups is 1. The van der Waals surface area contributed by atoms with Gasteiger partial charge in [0, 0.05) is 13.0 Å². The molecule has 0 aliphatic carbocycles. The monoisotopic (exact) mass is 298 g/mol. The van der Waals surface area contributed by atoms with Gasteiger partial charge in [0.1, 0.15) is 17.4 Å². The summed E-state index contributed by atoms with van der Waals surface area (Å²) in [6.07, 6.45) is -1.18. The lowest BCUT2D eigenvalue weighted by Crippen LogP contribution is -2.40. The number of rotatable bonds is 3. The number of carbonyl (C=O) groups excluding carboxylic acids is 1. The highest BCUT2D eigenvalue weighted by Crippen LogP contribution is 2.26. The Hall–Kier alpha value is -2.55. The molecule has 2 N–H and O–H groups in total. The van der Waals surface area contributed by atoms with Gasteiger partial charge in [-0.2, -0.15) is 0 Å². The molecule has 0 unspecified atom stereocenters. The van der Waals surface area contributed by atoms with Crippen LogP contribution >= 0.6 is 0 Å². The van der Waals surface area contributed by atoms with E-state index in [0.29, 0.717) is 6.07 Å². The maximum Gasteiger partial charge on any atom is 0.326 e. The fourth-order valence-electron chi connectivity index (χ4n) is 2.26. The third-order valence-electron chi connectivity index (χ3n) is 3.21. The molecule has 2 atom stereocenters. The van der Waals surface area contributed by atoms with Crippen molar-refractivity contribution < 1.29 is 29.1 Å². The smallest absolute Gasteiger partial charge is 0.326 e. The first-order valence-corrected chi connectivity index (χ1v) is 5.97. The summed E-state index contributed by atoms with van der Waals surface area (Å²) in [5, 5.41) is 29.4. The Kier molecular flexibility index (Phi) is 3.85. The first kappa shape index (κ1) is 14.9. The molecule has 1 fully saturated rings. The molecule has 8 nitrogen and oxygen atoms in total. The molecule has 1 aromatic rings. The summed E-state index contributed by atoms with van der Waals surface area (Å²) in [5.74, 6) is -3.12. The van der Waals surface area contributed by atoms with Gasteiger partial charge in [-0.1, -0.05) is 0 Å². The zero-order chi connectivity index (χ0) is 15.7. The Balaban J connectivity index is 2.40. The highest BCUT2D eigenvalue weighted by atomic mass is 19.1. The van der Waals surface area contributed by atoms with Gasteiger partial charge in [0.05, 0.1) is 17.1 Å². The molecule has 1 aliphatic heterocycles. The number of hydrogen-bond acceptors (Lipinski definition) is 5. The second-order valence-electron chi connectivity index (χ2n) is 4.62. The van der Waals surface area contributed by atoms with E-state index in [2.05, 4.69) is 0 Å². The maximum absolute atomic E-state index is 13.1. The number of β-amino-alcohol motifs (C(OH)–C–C–N with tert-alkyl or cyclic N) is 1. The second kappa shape index (κ2) is 5.44. The molecule has 0 aromatic heterocycles. The van der Waals surface area contributed by atoms with Crippen molar-refractivity contribution in [2.24, 2.45) is 0 Å². The van der Waals surface area contributed by atoms with Crippen LogP contribution < -0.4 is 0 Å². The third kappa shape index (κ3) is 2.82. The van der Waals surface area contributed by atoms with E-state index in [1.54, 1.807) is 0 Å². The van der Waals surface area contributed by atoms with Gasteiger partial charge in [-0.05, 0) is 12.1 Å². The van der Waals surface area contributed by atoms with Crippen molar-refractivity contribution in [3.8, 4) is 0 Å². The van der Waals surface area contributed by atoms with E-state index in [1.165, 1.54) is 0 Å².